The van der Waals surface area contributed by atoms with Crippen molar-refractivity contribution in [3.05, 3.63) is 36.0 Å². The first-order valence-corrected chi connectivity index (χ1v) is 8.12. The van der Waals surface area contributed by atoms with Crippen LogP contribution < -0.4 is 15.4 Å². The van der Waals surface area contributed by atoms with Gasteiger partial charge < -0.3 is 19.9 Å². The zero-order chi connectivity index (χ0) is 17.0. The molecule has 128 valence electrons. The molecule has 24 heavy (non-hydrogen) atoms. The van der Waals surface area contributed by atoms with Crippen molar-refractivity contribution in [3.63, 3.8) is 0 Å². The number of carbonyl (C=O) groups excluding carboxylic acids is 1. The van der Waals surface area contributed by atoms with Crippen LogP contribution in [0.15, 0.2) is 28.8 Å². The smallest absolute Gasteiger partial charge is 0.246 e. The van der Waals surface area contributed by atoms with E-state index in [1.165, 1.54) is 0 Å². The number of hydrogen-bond donors (Lipinski definition) is 2. The van der Waals surface area contributed by atoms with E-state index in [0.717, 1.165) is 25.8 Å². The van der Waals surface area contributed by atoms with Gasteiger partial charge in [0.1, 0.15) is 5.75 Å². The van der Waals surface area contributed by atoms with E-state index in [0.29, 0.717) is 23.2 Å². The number of para-hydroxylation sites is 2. The Morgan fingerprint density at radius 3 is 3.00 bits per heavy atom. The van der Waals surface area contributed by atoms with Gasteiger partial charge in [0, 0.05) is 0 Å². The Hall–Kier alpha value is -2.41. The molecule has 7 nitrogen and oxygen atoms in total. The molecule has 3 rings (SSSR count). The fraction of sp³-hybridized carbons (Fsp3) is 0.471. The molecule has 0 spiro atoms. The highest BCUT2D eigenvalue weighted by Crippen LogP contribution is 2.28. The molecule has 1 aliphatic rings. The fourth-order valence-electron chi connectivity index (χ4n) is 2.87. The molecular formula is C17H22N4O3. The topological polar surface area (TPSA) is 89.3 Å². The average Bonchev–Trinajstić information content (AvgIpc) is 3.05. The van der Waals surface area contributed by atoms with Crippen LogP contribution in [0.3, 0.4) is 0 Å². The van der Waals surface area contributed by atoms with E-state index < -0.39 is 0 Å². The number of hydrogen-bond acceptors (Lipinski definition) is 6. The second-order valence-corrected chi connectivity index (χ2v) is 6.16. The summed E-state index contributed by atoms with van der Waals surface area (Å²) in [6.07, 6.45) is 3.27. The molecule has 0 saturated carbocycles. The third-order valence-corrected chi connectivity index (χ3v) is 4.26. The quantitative estimate of drug-likeness (QED) is 0.874. The molecule has 7 heteroatoms. The van der Waals surface area contributed by atoms with Gasteiger partial charge in [-0.1, -0.05) is 17.3 Å². The minimum absolute atomic E-state index is 0.0532. The van der Waals surface area contributed by atoms with Crippen molar-refractivity contribution in [1.29, 1.82) is 0 Å². The van der Waals surface area contributed by atoms with Crippen LogP contribution in [-0.4, -0.2) is 29.7 Å². The molecular weight excluding hydrogens is 308 g/mol. The van der Waals surface area contributed by atoms with Gasteiger partial charge in [-0.2, -0.15) is 4.98 Å². The minimum Gasteiger partial charge on any atom is -0.495 e. The first-order chi connectivity index (χ1) is 11.6. The molecule has 1 saturated heterocycles. The average molecular weight is 330 g/mol. The summed E-state index contributed by atoms with van der Waals surface area (Å²) in [4.78, 5) is 16.6. The summed E-state index contributed by atoms with van der Waals surface area (Å²) in [5.41, 5.74) is 0.317. The lowest BCUT2D eigenvalue weighted by Gasteiger charge is -2.31. The number of piperidine rings is 1. The van der Waals surface area contributed by atoms with Crippen LogP contribution in [-0.2, 0) is 16.8 Å². The number of rotatable bonds is 5. The molecule has 0 radical (unpaired) electrons. The van der Waals surface area contributed by atoms with Gasteiger partial charge in [0.05, 0.1) is 24.8 Å². The summed E-state index contributed by atoms with van der Waals surface area (Å²) in [5, 5.41) is 10.2. The number of anilines is 1. The highest BCUT2D eigenvalue weighted by Gasteiger charge is 2.34. The summed E-state index contributed by atoms with van der Waals surface area (Å²) in [6, 6.07) is 7.25. The molecule has 1 atom stereocenters. The number of benzene rings is 1. The molecule has 2 heterocycles. The first-order valence-electron chi connectivity index (χ1n) is 8.12. The molecule has 1 aromatic carbocycles. The Labute approximate surface area is 140 Å². The van der Waals surface area contributed by atoms with Crippen molar-refractivity contribution in [2.24, 2.45) is 0 Å². The van der Waals surface area contributed by atoms with E-state index in [1.54, 1.807) is 19.2 Å². The first kappa shape index (κ1) is 16.4. The molecule has 1 aromatic heterocycles. The highest BCUT2D eigenvalue weighted by atomic mass is 16.5. The molecule has 1 aliphatic heterocycles. The third-order valence-electron chi connectivity index (χ3n) is 4.26. The van der Waals surface area contributed by atoms with Crippen molar-refractivity contribution in [2.45, 2.75) is 38.1 Å². The number of amides is 1. The molecule has 0 aliphatic carbocycles. The maximum atomic E-state index is 12.2. The summed E-state index contributed by atoms with van der Waals surface area (Å²) in [6.45, 7) is 2.99. The maximum absolute atomic E-state index is 12.2. The number of carbonyl (C=O) groups is 1. The highest BCUT2D eigenvalue weighted by molar-refractivity contribution is 5.93. The predicted molar refractivity (Wildman–Crippen MR) is 88.8 cm³/mol. The zero-order valence-electron chi connectivity index (χ0n) is 14.0. The monoisotopic (exact) mass is 330 g/mol. The van der Waals surface area contributed by atoms with Gasteiger partial charge in [0.2, 0.25) is 11.8 Å². The van der Waals surface area contributed by atoms with Gasteiger partial charge in [-0.25, -0.2) is 0 Å². The van der Waals surface area contributed by atoms with Crippen molar-refractivity contribution in [3.8, 4) is 5.75 Å². The Kier molecular flexibility index (Phi) is 4.80. The van der Waals surface area contributed by atoms with E-state index >= 15 is 0 Å². The van der Waals surface area contributed by atoms with Gasteiger partial charge in [-0.15, -0.1) is 0 Å². The van der Waals surface area contributed by atoms with E-state index in [4.69, 9.17) is 9.26 Å². The van der Waals surface area contributed by atoms with Crippen molar-refractivity contribution in [1.82, 2.24) is 15.5 Å². The van der Waals surface area contributed by atoms with Gasteiger partial charge in [-0.3, -0.25) is 4.79 Å². The van der Waals surface area contributed by atoms with Crippen LogP contribution in [0.4, 0.5) is 5.69 Å². The van der Waals surface area contributed by atoms with Crippen LogP contribution >= 0.6 is 0 Å². The summed E-state index contributed by atoms with van der Waals surface area (Å²) in [5.74, 6) is 1.32. The normalized spacial score (nSPS) is 20.6. The number of nitrogens with one attached hydrogen (secondary N) is 2. The Balaban J connectivity index is 1.65. The van der Waals surface area contributed by atoms with Crippen LogP contribution in [0.5, 0.6) is 5.75 Å². The van der Waals surface area contributed by atoms with Crippen molar-refractivity contribution < 1.29 is 14.1 Å². The minimum atomic E-state index is -0.303. The lowest BCUT2D eigenvalue weighted by Crippen LogP contribution is -2.43. The van der Waals surface area contributed by atoms with Gasteiger partial charge in [0.25, 0.3) is 0 Å². The van der Waals surface area contributed by atoms with Crippen molar-refractivity contribution in [2.75, 3.05) is 19.0 Å². The predicted octanol–water partition coefficient (Wildman–Crippen LogP) is 2.25. The van der Waals surface area contributed by atoms with Crippen LogP contribution in [0, 0.1) is 0 Å². The van der Waals surface area contributed by atoms with E-state index in [1.807, 2.05) is 12.1 Å². The second-order valence-electron chi connectivity index (χ2n) is 6.16. The lowest BCUT2D eigenvalue weighted by molar-refractivity contribution is -0.115. The summed E-state index contributed by atoms with van der Waals surface area (Å²) < 4.78 is 10.6. The third kappa shape index (κ3) is 3.56. The van der Waals surface area contributed by atoms with Gasteiger partial charge >= 0.3 is 0 Å². The zero-order valence-corrected chi connectivity index (χ0v) is 14.0. The molecule has 1 unspecified atom stereocenters. The van der Waals surface area contributed by atoms with Crippen LogP contribution in [0.2, 0.25) is 0 Å². The number of aromatic nitrogens is 2. The Morgan fingerprint density at radius 1 is 1.42 bits per heavy atom. The van der Waals surface area contributed by atoms with Gasteiger partial charge in [0.15, 0.2) is 5.82 Å². The standard InChI is InChI=1S/C17H22N4O3/c1-17(9-5-6-10-18-17)16-20-14(21-24-16)11-15(22)19-12-7-3-4-8-13(12)23-2/h3-4,7-8,18H,5-6,9-11H2,1-2H3,(H,19,22). The summed E-state index contributed by atoms with van der Waals surface area (Å²) >= 11 is 0. The molecule has 2 aromatic rings. The number of nitrogens with zero attached hydrogens (tertiary/aromatic N) is 2. The van der Waals surface area contributed by atoms with E-state index in [-0.39, 0.29) is 17.9 Å². The largest absolute Gasteiger partial charge is 0.495 e. The number of methoxy groups -OCH3 is 1. The molecule has 1 amide bonds. The fourth-order valence-corrected chi connectivity index (χ4v) is 2.87. The summed E-state index contributed by atoms with van der Waals surface area (Å²) in [7, 11) is 1.56. The van der Waals surface area contributed by atoms with Crippen LogP contribution in [0.25, 0.3) is 0 Å². The van der Waals surface area contributed by atoms with E-state index in [2.05, 4.69) is 27.7 Å². The molecule has 0 bridgehead atoms. The van der Waals surface area contributed by atoms with Gasteiger partial charge in [-0.05, 0) is 44.9 Å². The maximum Gasteiger partial charge on any atom is 0.246 e. The van der Waals surface area contributed by atoms with Crippen LogP contribution in [0.1, 0.15) is 37.9 Å². The molecule has 2 N–H and O–H groups in total. The van der Waals surface area contributed by atoms with Crippen molar-refractivity contribution >= 4 is 11.6 Å². The van der Waals surface area contributed by atoms with E-state index in [9.17, 15) is 4.79 Å². The Morgan fingerprint density at radius 2 is 2.25 bits per heavy atom. The SMILES string of the molecule is COc1ccccc1NC(=O)Cc1noc(C2(C)CCCCN2)n1. The Bertz CT molecular complexity index is 707. The second kappa shape index (κ2) is 7.00. The number of ether oxygens (including phenoxy) is 1. The lowest BCUT2D eigenvalue weighted by atomic mass is 9.91. The molecule has 1 fully saturated rings.